The first kappa shape index (κ1) is 13.6. The second kappa shape index (κ2) is 6.37. The summed E-state index contributed by atoms with van der Waals surface area (Å²) < 4.78 is 0. The van der Waals surface area contributed by atoms with E-state index in [1.807, 2.05) is 72.1 Å². The lowest BCUT2D eigenvalue weighted by molar-refractivity contribution is -0.115. The van der Waals surface area contributed by atoms with Crippen LogP contribution in [-0.4, -0.2) is 5.91 Å². The molecule has 0 saturated carbocycles. The largest absolute Gasteiger partial charge is 0.325 e. The molecule has 0 bridgehead atoms. The zero-order valence-electron chi connectivity index (χ0n) is 11.5. The highest BCUT2D eigenvalue weighted by Crippen LogP contribution is 2.27. The molecular weight excluding hydrogens is 278 g/mol. The van der Waals surface area contributed by atoms with Crippen molar-refractivity contribution in [2.75, 3.05) is 5.32 Å². The molecule has 0 unspecified atom stereocenters. The van der Waals surface area contributed by atoms with Crippen LogP contribution in [-0.2, 0) is 11.2 Å². The molecule has 1 N–H and O–H groups in total. The minimum atomic E-state index is 0.0147. The highest BCUT2D eigenvalue weighted by atomic mass is 32.1. The van der Waals surface area contributed by atoms with Crippen LogP contribution in [0.25, 0.3) is 11.1 Å². The monoisotopic (exact) mass is 293 g/mol. The van der Waals surface area contributed by atoms with E-state index in [0.29, 0.717) is 6.42 Å². The summed E-state index contributed by atoms with van der Waals surface area (Å²) in [5.74, 6) is 0.0147. The van der Waals surface area contributed by atoms with Crippen LogP contribution < -0.4 is 5.32 Å². The van der Waals surface area contributed by atoms with Gasteiger partial charge in [0, 0.05) is 16.1 Å². The summed E-state index contributed by atoms with van der Waals surface area (Å²) in [7, 11) is 0. The lowest BCUT2D eigenvalue weighted by atomic mass is 10.0. The Hall–Kier alpha value is -2.39. The maximum Gasteiger partial charge on any atom is 0.229 e. The molecule has 104 valence electrons. The number of hydrogen-bond donors (Lipinski definition) is 1. The summed E-state index contributed by atoms with van der Waals surface area (Å²) in [5.41, 5.74) is 2.99. The first-order valence-corrected chi connectivity index (χ1v) is 7.67. The fourth-order valence-corrected chi connectivity index (χ4v) is 2.93. The lowest BCUT2D eigenvalue weighted by Crippen LogP contribution is -2.14. The first-order chi connectivity index (χ1) is 10.3. The molecule has 2 aromatic carbocycles. The lowest BCUT2D eigenvalue weighted by Gasteiger charge is -2.11. The Labute approximate surface area is 128 Å². The van der Waals surface area contributed by atoms with Gasteiger partial charge >= 0.3 is 0 Å². The Morgan fingerprint density at radius 3 is 2.43 bits per heavy atom. The van der Waals surface area contributed by atoms with Gasteiger partial charge in [-0.1, -0.05) is 54.6 Å². The van der Waals surface area contributed by atoms with Gasteiger partial charge in [0.25, 0.3) is 0 Å². The van der Waals surface area contributed by atoms with Crippen LogP contribution in [0, 0.1) is 0 Å². The average Bonchev–Trinajstić information content (AvgIpc) is 3.01. The van der Waals surface area contributed by atoms with Crippen molar-refractivity contribution in [1.82, 2.24) is 0 Å². The molecular formula is C18H15NOS. The van der Waals surface area contributed by atoms with Gasteiger partial charge in [-0.25, -0.2) is 0 Å². The normalized spacial score (nSPS) is 10.3. The zero-order valence-corrected chi connectivity index (χ0v) is 12.3. The Kier molecular flexibility index (Phi) is 4.12. The molecule has 1 amide bonds. The van der Waals surface area contributed by atoms with Crippen molar-refractivity contribution in [3.8, 4) is 11.1 Å². The molecule has 0 aliphatic rings. The molecule has 0 aliphatic carbocycles. The van der Waals surface area contributed by atoms with Gasteiger partial charge in [-0.05, 0) is 23.1 Å². The second-order valence-electron chi connectivity index (χ2n) is 4.72. The van der Waals surface area contributed by atoms with E-state index in [-0.39, 0.29) is 5.91 Å². The van der Waals surface area contributed by atoms with Gasteiger partial charge in [-0.2, -0.15) is 0 Å². The van der Waals surface area contributed by atoms with E-state index in [0.717, 1.165) is 21.7 Å². The molecule has 21 heavy (non-hydrogen) atoms. The Morgan fingerprint density at radius 1 is 0.905 bits per heavy atom. The van der Waals surface area contributed by atoms with Gasteiger partial charge in [0.05, 0.1) is 6.42 Å². The smallest absolute Gasteiger partial charge is 0.229 e. The number of amides is 1. The minimum Gasteiger partial charge on any atom is -0.325 e. The van der Waals surface area contributed by atoms with Crippen molar-refractivity contribution < 1.29 is 4.79 Å². The van der Waals surface area contributed by atoms with E-state index in [9.17, 15) is 4.79 Å². The topological polar surface area (TPSA) is 29.1 Å². The number of hydrogen-bond acceptors (Lipinski definition) is 2. The van der Waals surface area contributed by atoms with Crippen LogP contribution in [0.2, 0.25) is 0 Å². The van der Waals surface area contributed by atoms with Crippen LogP contribution in [0.1, 0.15) is 4.88 Å². The summed E-state index contributed by atoms with van der Waals surface area (Å²) in [5, 5.41) is 5.00. The zero-order chi connectivity index (χ0) is 14.5. The third-order valence-electron chi connectivity index (χ3n) is 3.20. The molecule has 0 spiro atoms. The molecule has 1 heterocycles. The summed E-state index contributed by atoms with van der Waals surface area (Å²) in [4.78, 5) is 13.2. The predicted octanol–water partition coefficient (Wildman–Crippen LogP) is 4.60. The third-order valence-corrected chi connectivity index (χ3v) is 4.08. The van der Waals surface area contributed by atoms with Crippen molar-refractivity contribution >= 4 is 22.9 Å². The fraction of sp³-hybridized carbons (Fsp3) is 0.0556. The number of thiophene rings is 1. The number of para-hydroxylation sites is 1. The third kappa shape index (κ3) is 3.38. The molecule has 3 aromatic rings. The van der Waals surface area contributed by atoms with Crippen LogP contribution >= 0.6 is 11.3 Å². The quantitative estimate of drug-likeness (QED) is 0.748. The number of nitrogens with one attached hydrogen (secondary N) is 1. The van der Waals surface area contributed by atoms with Gasteiger partial charge in [0.2, 0.25) is 5.91 Å². The molecule has 3 heteroatoms. The van der Waals surface area contributed by atoms with Crippen molar-refractivity contribution in [3.05, 3.63) is 77.0 Å². The number of anilines is 1. The summed E-state index contributed by atoms with van der Waals surface area (Å²) in [6, 6.07) is 21.9. The standard InChI is InChI=1S/C18H15NOS/c20-18(13-15-9-6-12-21-15)19-17-11-5-4-10-16(17)14-7-2-1-3-8-14/h1-12H,13H2,(H,19,20). The van der Waals surface area contributed by atoms with Crippen LogP contribution in [0.15, 0.2) is 72.1 Å². The van der Waals surface area contributed by atoms with E-state index < -0.39 is 0 Å². The maximum atomic E-state index is 12.2. The predicted molar refractivity (Wildman–Crippen MR) is 88.5 cm³/mol. The first-order valence-electron chi connectivity index (χ1n) is 6.79. The van der Waals surface area contributed by atoms with E-state index >= 15 is 0 Å². The second-order valence-corrected chi connectivity index (χ2v) is 5.75. The van der Waals surface area contributed by atoms with Crippen molar-refractivity contribution in [2.24, 2.45) is 0 Å². The van der Waals surface area contributed by atoms with Gasteiger partial charge in [0.15, 0.2) is 0 Å². The summed E-state index contributed by atoms with van der Waals surface area (Å²) in [6.45, 7) is 0. The molecule has 3 rings (SSSR count). The number of rotatable bonds is 4. The molecule has 0 radical (unpaired) electrons. The van der Waals surface area contributed by atoms with Crippen molar-refractivity contribution in [3.63, 3.8) is 0 Å². The van der Waals surface area contributed by atoms with Gasteiger partial charge < -0.3 is 5.32 Å². The van der Waals surface area contributed by atoms with Gasteiger partial charge in [0.1, 0.15) is 0 Å². The number of carbonyl (C=O) groups is 1. The SMILES string of the molecule is O=C(Cc1cccs1)Nc1ccccc1-c1ccccc1. The highest BCUT2D eigenvalue weighted by molar-refractivity contribution is 7.10. The Morgan fingerprint density at radius 2 is 1.67 bits per heavy atom. The van der Waals surface area contributed by atoms with Crippen molar-refractivity contribution in [2.45, 2.75) is 6.42 Å². The van der Waals surface area contributed by atoms with E-state index in [4.69, 9.17) is 0 Å². The molecule has 0 aliphatic heterocycles. The van der Waals surface area contributed by atoms with E-state index in [1.165, 1.54) is 0 Å². The van der Waals surface area contributed by atoms with Gasteiger partial charge in [-0.15, -0.1) is 11.3 Å². The van der Waals surface area contributed by atoms with Gasteiger partial charge in [-0.3, -0.25) is 4.79 Å². The highest BCUT2D eigenvalue weighted by Gasteiger charge is 2.09. The van der Waals surface area contributed by atoms with E-state index in [1.54, 1.807) is 11.3 Å². The minimum absolute atomic E-state index is 0.0147. The Bertz CT molecular complexity index is 720. The summed E-state index contributed by atoms with van der Waals surface area (Å²) >= 11 is 1.60. The van der Waals surface area contributed by atoms with Crippen LogP contribution in [0.3, 0.4) is 0 Å². The fourth-order valence-electron chi connectivity index (χ4n) is 2.23. The molecule has 0 fully saturated rings. The molecule has 1 aromatic heterocycles. The molecule has 0 atom stereocenters. The van der Waals surface area contributed by atoms with Crippen LogP contribution in [0.5, 0.6) is 0 Å². The van der Waals surface area contributed by atoms with Crippen molar-refractivity contribution in [1.29, 1.82) is 0 Å². The Balaban J connectivity index is 1.81. The number of benzene rings is 2. The molecule has 0 saturated heterocycles. The average molecular weight is 293 g/mol. The molecule has 2 nitrogen and oxygen atoms in total. The summed E-state index contributed by atoms with van der Waals surface area (Å²) in [6.07, 6.45) is 0.417. The van der Waals surface area contributed by atoms with E-state index in [2.05, 4.69) is 5.32 Å². The van der Waals surface area contributed by atoms with Crippen LogP contribution in [0.4, 0.5) is 5.69 Å². The maximum absolute atomic E-state index is 12.2. The number of carbonyl (C=O) groups excluding carboxylic acids is 1.